The Balaban J connectivity index is 2.95. The molecule has 0 spiro atoms. The topological polar surface area (TPSA) is 76.1 Å². The van der Waals surface area contributed by atoms with Crippen molar-refractivity contribution < 1.29 is 24.2 Å². The molecule has 1 N–H and O–H groups in total. The molecule has 1 rings (SSSR count). The number of amides is 2. The molecule has 2 amide bonds. The first-order valence-electron chi connectivity index (χ1n) is 6.69. The highest BCUT2D eigenvalue weighted by Gasteiger charge is 2.38. The van der Waals surface area contributed by atoms with Crippen LogP contribution in [0.15, 0.2) is 12.2 Å². The maximum Gasteiger partial charge on any atom is 0.417 e. The predicted molar refractivity (Wildman–Crippen MR) is 73.1 cm³/mol. The van der Waals surface area contributed by atoms with Crippen LogP contribution in [0.2, 0.25) is 0 Å². The van der Waals surface area contributed by atoms with Crippen LogP contribution in [0.1, 0.15) is 34.1 Å². The van der Waals surface area contributed by atoms with Gasteiger partial charge in [-0.25, -0.2) is 9.69 Å². The van der Waals surface area contributed by atoms with Gasteiger partial charge < -0.3 is 14.6 Å². The molecule has 0 aliphatic carbocycles. The average molecular weight is 285 g/mol. The fourth-order valence-corrected chi connectivity index (χ4v) is 1.82. The lowest BCUT2D eigenvalue weighted by atomic mass is 10.1. The summed E-state index contributed by atoms with van der Waals surface area (Å²) in [6, 6.07) is -0.467. The minimum absolute atomic E-state index is 0.107. The van der Waals surface area contributed by atoms with E-state index in [1.807, 2.05) is 19.1 Å². The van der Waals surface area contributed by atoms with Crippen molar-refractivity contribution >= 4 is 12.0 Å². The van der Waals surface area contributed by atoms with Gasteiger partial charge >= 0.3 is 6.09 Å². The van der Waals surface area contributed by atoms with Gasteiger partial charge in [0.2, 0.25) is 0 Å². The number of hydrogen-bond acceptors (Lipinski definition) is 5. The number of carbonyl (C=O) groups is 2. The highest BCUT2D eigenvalue weighted by molar-refractivity contribution is 5.95. The monoisotopic (exact) mass is 285 g/mol. The van der Waals surface area contributed by atoms with Crippen molar-refractivity contribution in [2.45, 2.75) is 51.9 Å². The van der Waals surface area contributed by atoms with E-state index in [9.17, 15) is 14.7 Å². The van der Waals surface area contributed by atoms with Crippen molar-refractivity contribution in [1.82, 2.24) is 4.90 Å². The SMILES string of the molecule is CC=CCC1COCC(O)C(=O)N1C(=O)OC(C)(C)C. The first-order chi connectivity index (χ1) is 9.26. The van der Waals surface area contributed by atoms with Crippen LogP contribution in [0.5, 0.6) is 0 Å². The Bertz CT molecular complexity index is 386. The van der Waals surface area contributed by atoms with Crippen LogP contribution in [-0.4, -0.2) is 53.0 Å². The van der Waals surface area contributed by atoms with Crippen LogP contribution in [0.3, 0.4) is 0 Å². The maximum absolute atomic E-state index is 12.2. The molecular weight excluding hydrogens is 262 g/mol. The van der Waals surface area contributed by atoms with E-state index in [-0.39, 0.29) is 13.2 Å². The molecule has 2 atom stereocenters. The highest BCUT2D eigenvalue weighted by atomic mass is 16.6. The average Bonchev–Trinajstić information content (AvgIpc) is 2.45. The number of imide groups is 1. The van der Waals surface area contributed by atoms with Gasteiger partial charge in [0.05, 0.1) is 19.3 Å². The van der Waals surface area contributed by atoms with Crippen LogP contribution >= 0.6 is 0 Å². The zero-order chi connectivity index (χ0) is 15.3. The number of nitrogens with zero attached hydrogens (tertiary/aromatic N) is 1. The second-order valence-corrected chi connectivity index (χ2v) is 5.70. The number of carbonyl (C=O) groups excluding carboxylic acids is 2. The molecule has 0 aromatic heterocycles. The molecule has 0 bridgehead atoms. The van der Waals surface area contributed by atoms with Gasteiger partial charge in [-0.1, -0.05) is 12.2 Å². The van der Waals surface area contributed by atoms with E-state index in [0.717, 1.165) is 4.90 Å². The molecule has 1 aliphatic rings. The van der Waals surface area contributed by atoms with Gasteiger partial charge in [-0.05, 0) is 34.1 Å². The fraction of sp³-hybridized carbons (Fsp3) is 0.714. The molecule has 0 radical (unpaired) electrons. The number of aliphatic hydroxyl groups is 1. The third-order valence-corrected chi connectivity index (χ3v) is 2.71. The van der Waals surface area contributed by atoms with Gasteiger partial charge in [0.25, 0.3) is 5.91 Å². The predicted octanol–water partition coefficient (Wildman–Crippen LogP) is 1.48. The van der Waals surface area contributed by atoms with Crippen molar-refractivity contribution in [3.05, 3.63) is 12.2 Å². The Morgan fingerprint density at radius 2 is 2.15 bits per heavy atom. The Kier molecular flexibility index (Phi) is 5.71. The van der Waals surface area contributed by atoms with E-state index in [1.54, 1.807) is 20.8 Å². The normalized spacial score (nSPS) is 24.9. The quantitative estimate of drug-likeness (QED) is 0.778. The largest absolute Gasteiger partial charge is 0.443 e. The summed E-state index contributed by atoms with van der Waals surface area (Å²) < 4.78 is 10.5. The van der Waals surface area contributed by atoms with E-state index in [0.29, 0.717) is 6.42 Å². The third-order valence-electron chi connectivity index (χ3n) is 2.71. The molecule has 1 heterocycles. The van der Waals surface area contributed by atoms with Crippen molar-refractivity contribution in [3.63, 3.8) is 0 Å². The smallest absolute Gasteiger partial charge is 0.417 e. The van der Waals surface area contributed by atoms with Gasteiger partial charge in [0.15, 0.2) is 6.10 Å². The second kappa shape index (κ2) is 6.85. The molecule has 1 saturated heterocycles. The molecule has 20 heavy (non-hydrogen) atoms. The molecular formula is C14H23NO5. The molecule has 6 heteroatoms. The number of allylic oxidation sites excluding steroid dienone is 1. The van der Waals surface area contributed by atoms with E-state index >= 15 is 0 Å². The van der Waals surface area contributed by atoms with Crippen molar-refractivity contribution in [2.24, 2.45) is 0 Å². The number of ether oxygens (including phenoxy) is 2. The zero-order valence-electron chi connectivity index (χ0n) is 12.5. The summed E-state index contributed by atoms with van der Waals surface area (Å²) in [7, 11) is 0. The lowest BCUT2D eigenvalue weighted by molar-refractivity contribution is -0.140. The van der Waals surface area contributed by atoms with Crippen LogP contribution in [0.25, 0.3) is 0 Å². The Morgan fingerprint density at radius 3 is 2.70 bits per heavy atom. The molecule has 114 valence electrons. The summed E-state index contributed by atoms with van der Waals surface area (Å²) in [6.45, 7) is 7.10. The van der Waals surface area contributed by atoms with Gasteiger partial charge in [-0.15, -0.1) is 0 Å². The molecule has 0 aromatic rings. The second-order valence-electron chi connectivity index (χ2n) is 5.70. The lowest BCUT2D eigenvalue weighted by Gasteiger charge is -2.30. The summed E-state index contributed by atoms with van der Waals surface area (Å²) in [5.74, 6) is -0.675. The molecule has 2 unspecified atom stereocenters. The molecule has 1 aliphatic heterocycles. The summed E-state index contributed by atoms with van der Waals surface area (Å²) in [6.07, 6.45) is 2.06. The fourth-order valence-electron chi connectivity index (χ4n) is 1.82. The van der Waals surface area contributed by atoms with Crippen LogP contribution in [0, 0.1) is 0 Å². The first-order valence-corrected chi connectivity index (χ1v) is 6.69. The number of hydrogen-bond donors (Lipinski definition) is 1. The third kappa shape index (κ3) is 4.61. The summed E-state index contributed by atoms with van der Waals surface area (Å²) in [4.78, 5) is 25.3. The van der Waals surface area contributed by atoms with Gasteiger partial charge in [0, 0.05) is 0 Å². The molecule has 0 aromatic carbocycles. The lowest BCUT2D eigenvalue weighted by Crippen LogP contribution is -2.50. The Hall–Kier alpha value is -1.40. The van der Waals surface area contributed by atoms with Crippen LogP contribution in [-0.2, 0) is 14.3 Å². The minimum Gasteiger partial charge on any atom is -0.443 e. The highest BCUT2D eigenvalue weighted by Crippen LogP contribution is 2.18. The summed E-state index contributed by atoms with van der Waals surface area (Å²) >= 11 is 0. The number of aliphatic hydroxyl groups excluding tert-OH is 1. The van der Waals surface area contributed by atoms with Crippen molar-refractivity contribution in [1.29, 1.82) is 0 Å². The van der Waals surface area contributed by atoms with E-state index in [4.69, 9.17) is 9.47 Å². The van der Waals surface area contributed by atoms with Gasteiger partial charge in [0.1, 0.15) is 5.60 Å². The van der Waals surface area contributed by atoms with Crippen molar-refractivity contribution in [2.75, 3.05) is 13.2 Å². The maximum atomic E-state index is 12.2. The summed E-state index contributed by atoms with van der Waals surface area (Å²) in [5.41, 5.74) is -0.708. The Morgan fingerprint density at radius 1 is 1.50 bits per heavy atom. The zero-order valence-corrected chi connectivity index (χ0v) is 12.5. The van der Waals surface area contributed by atoms with Gasteiger partial charge in [-0.3, -0.25) is 4.79 Å². The van der Waals surface area contributed by atoms with E-state index in [2.05, 4.69) is 0 Å². The van der Waals surface area contributed by atoms with Crippen LogP contribution < -0.4 is 0 Å². The summed E-state index contributed by atoms with van der Waals surface area (Å²) in [5, 5.41) is 9.68. The Labute approximate surface area is 119 Å². The van der Waals surface area contributed by atoms with E-state index in [1.165, 1.54) is 0 Å². The molecule has 1 fully saturated rings. The molecule has 6 nitrogen and oxygen atoms in total. The van der Waals surface area contributed by atoms with Crippen LogP contribution in [0.4, 0.5) is 4.79 Å². The van der Waals surface area contributed by atoms with Crippen molar-refractivity contribution in [3.8, 4) is 0 Å². The standard InChI is InChI=1S/C14H23NO5/c1-5-6-7-10-8-19-9-11(16)12(17)15(10)13(18)20-14(2,3)4/h5-6,10-11,16H,7-9H2,1-4H3. The molecule has 0 saturated carbocycles. The van der Waals surface area contributed by atoms with E-state index < -0.39 is 29.7 Å². The minimum atomic E-state index is -1.34. The first kappa shape index (κ1) is 16.7. The number of rotatable bonds is 2. The van der Waals surface area contributed by atoms with Gasteiger partial charge in [-0.2, -0.15) is 0 Å².